The van der Waals surface area contributed by atoms with Crippen LogP contribution in [0.25, 0.3) is 27.8 Å². The Morgan fingerprint density at radius 2 is 1.74 bits per heavy atom. The number of imidazole rings is 1. The number of para-hydroxylation sites is 1. The van der Waals surface area contributed by atoms with E-state index < -0.39 is 0 Å². The summed E-state index contributed by atoms with van der Waals surface area (Å²) in [6, 6.07) is 21.9. The van der Waals surface area contributed by atoms with Gasteiger partial charge >= 0.3 is 0 Å². The number of ether oxygens (including phenoxy) is 1. The number of pyridine rings is 1. The lowest BCUT2D eigenvalue weighted by atomic mass is 10.1. The summed E-state index contributed by atoms with van der Waals surface area (Å²) in [7, 11) is 1.64. The molecule has 2 aromatic carbocycles. The van der Waals surface area contributed by atoms with Crippen LogP contribution in [0.1, 0.15) is 5.69 Å². The van der Waals surface area contributed by atoms with E-state index in [1.807, 2.05) is 65.1 Å². The first-order valence-electron chi connectivity index (χ1n) is 7.27. The van der Waals surface area contributed by atoms with Crippen LogP contribution in [0.2, 0.25) is 0 Å². The molecular weight excluding hydrogens is 286 g/mol. The lowest BCUT2D eigenvalue weighted by Gasteiger charge is -2.10. The smallest absolute Gasteiger partial charge is 0.167 e. The van der Waals surface area contributed by atoms with Gasteiger partial charge in [-0.3, -0.25) is 4.40 Å². The summed E-state index contributed by atoms with van der Waals surface area (Å²) in [4.78, 5) is 4.55. The van der Waals surface area contributed by atoms with Gasteiger partial charge in [-0.2, -0.15) is 5.26 Å². The van der Waals surface area contributed by atoms with Gasteiger partial charge in [0.1, 0.15) is 17.6 Å². The Morgan fingerprint density at radius 3 is 2.48 bits per heavy atom. The third-order valence-electron chi connectivity index (χ3n) is 3.95. The zero-order valence-electron chi connectivity index (χ0n) is 12.5. The van der Waals surface area contributed by atoms with Crippen molar-refractivity contribution in [2.75, 3.05) is 7.11 Å². The molecule has 0 saturated heterocycles. The Bertz CT molecular complexity index is 1060. The second-order valence-corrected chi connectivity index (χ2v) is 5.21. The summed E-state index contributed by atoms with van der Waals surface area (Å²) in [6.45, 7) is 0. The summed E-state index contributed by atoms with van der Waals surface area (Å²) in [5.74, 6) is 1.50. The highest BCUT2D eigenvalue weighted by Gasteiger charge is 2.17. The summed E-state index contributed by atoms with van der Waals surface area (Å²) in [5.41, 5.74) is 3.09. The summed E-state index contributed by atoms with van der Waals surface area (Å²) in [6.07, 6.45) is 0. The molecule has 0 spiro atoms. The highest BCUT2D eigenvalue weighted by molar-refractivity contribution is 5.92. The second-order valence-electron chi connectivity index (χ2n) is 5.21. The molecule has 0 aliphatic rings. The minimum absolute atomic E-state index is 0.396. The highest BCUT2D eigenvalue weighted by Crippen LogP contribution is 2.33. The zero-order valence-corrected chi connectivity index (χ0v) is 12.5. The van der Waals surface area contributed by atoms with Crippen LogP contribution in [0, 0.1) is 11.3 Å². The molecule has 4 nitrogen and oxygen atoms in total. The highest BCUT2D eigenvalue weighted by atomic mass is 16.5. The fourth-order valence-electron chi connectivity index (χ4n) is 2.92. The number of rotatable bonds is 2. The quantitative estimate of drug-likeness (QED) is 0.561. The molecule has 23 heavy (non-hydrogen) atoms. The average Bonchev–Trinajstić information content (AvgIpc) is 3.00. The Kier molecular flexibility index (Phi) is 2.99. The third kappa shape index (κ3) is 1.95. The number of hydrogen-bond donors (Lipinski definition) is 0. The van der Waals surface area contributed by atoms with Gasteiger partial charge in [-0.1, -0.05) is 42.5 Å². The van der Waals surface area contributed by atoms with E-state index in [4.69, 9.17) is 4.74 Å². The van der Waals surface area contributed by atoms with Crippen molar-refractivity contribution in [1.82, 2.24) is 9.38 Å². The number of methoxy groups -OCH3 is 1. The Labute approximate surface area is 133 Å². The van der Waals surface area contributed by atoms with Crippen molar-refractivity contribution in [2.45, 2.75) is 0 Å². The molecule has 0 aliphatic carbocycles. The normalized spacial score (nSPS) is 10.8. The van der Waals surface area contributed by atoms with Crippen molar-refractivity contribution in [3.8, 4) is 23.2 Å². The summed E-state index contributed by atoms with van der Waals surface area (Å²) in [5, 5.41) is 10.5. The van der Waals surface area contributed by atoms with E-state index >= 15 is 0 Å². The van der Waals surface area contributed by atoms with Crippen LogP contribution in [0.15, 0.2) is 60.7 Å². The molecule has 110 valence electrons. The minimum atomic E-state index is 0.396. The Morgan fingerprint density at radius 1 is 1.00 bits per heavy atom. The maximum Gasteiger partial charge on any atom is 0.167 e. The van der Waals surface area contributed by atoms with Crippen LogP contribution in [-0.4, -0.2) is 16.5 Å². The lowest BCUT2D eigenvalue weighted by molar-refractivity contribution is 0.420. The van der Waals surface area contributed by atoms with Crippen molar-refractivity contribution in [3.63, 3.8) is 0 Å². The summed E-state index contributed by atoms with van der Waals surface area (Å²) < 4.78 is 7.52. The van der Waals surface area contributed by atoms with Crippen LogP contribution >= 0.6 is 0 Å². The molecule has 0 atom stereocenters. The molecule has 4 heteroatoms. The van der Waals surface area contributed by atoms with Crippen LogP contribution in [-0.2, 0) is 0 Å². The molecule has 0 aliphatic heterocycles. The monoisotopic (exact) mass is 299 g/mol. The number of nitrogens with zero attached hydrogens (tertiary/aromatic N) is 3. The molecule has 4 aromatic rings. The van der Waals surface area contributed by atoms with E-state index in [9.17, 15) is 5.26 Å². The topological polar surface area (TPSA) is 50.3 Å². The van der Waals surface area contributed by atoms with Crippen molar-refractivity contribution >= 4 is 16.4 Å². The number of aromatic nitrogens is 2. The van der Waals surface area contributed by atoms with Gasteiger partial charge in [-0.05, 0) is 12.1 Å². The lowest BCUT2D eigenvalue weighted by Crippen LogP contribution is -1.94. The van der Waals surface area contributed by atoms with Gasteiger partial charge in [0, 0.05) is 17.0 Å². The maximum absolute atomic E-state index is 9.46. The number of hydrogen-bond acceptors (Lipinski definition) is 3. The van der Waals surface area contributed by atoms with Gasteiger partial charge in [-0.25, -0.2) is 4.98 Å². The van der Waals surface area contributed by atoms with Gasteiger partial charge < -0.3 is 4.74 Å². The van der Waals surface area contributed by atoms with Crippen molar-refractivity contribution < 1.29 is 4.74 Å². The van der Waals surface area contributed by atoms with Crippen LogP contribution < -0.4 is 4.74 Å². The average molecular weight is 299 g/mol. The predicted molar refractivity (Wildman–Crippen MR) is 89.4 cm³/mol. The molecule has 0 amide bonds. The van der Waals surface area contributed by atoms with Crippen molar-refractivity contribution in [2.24, 2.45) is 0 Å². The van der Waals surface area contributed by atoms with E-state index in [-0.39, 0.29) is 0 Å². The van der Waals surface area contributed by atoms with E-state index in [1.165, 1.54) is 0 Å². The summed E-state index contributed by atoms with van der Waals surface area (Å²) >= 11 is 0. The fourth-order valence-corrected chi connectivity index (χ4v) is 2.92. The molecule has 0 saturated carbocycles. The van der Waals surface area contributed by atoms with Crippen molar-refractivity contribution in [1.29, 1.82) is 5.26 Å². The van der Waals surface area contributed by atoms with Gasteiger partial charge in [0.25, 0.3) is 0 Å². The molecule has 0 fully saturated rings. The Hall–Kier alpha value is -3.32. The van der Waals surface area contributed by atoms with Crippen molar-refractivity contribution in [3.05, 3.63) is 66.4 Å². The third-order valence-corrected chi connectivity index (χ3v) is 3.95. The second kappa shape index (κ2) is 5.15. The minimum Gasteiger partial charge on any atom is -0.496 e. The van der Waals surface area contributed by atoms with Gasteiger partial charge in [0.05, 0.1) is 18.1 Å². The molecule has 4 rings (SSSR count). The van der Waals surface area contributed by atoms with E-state index in [1.54, 1.807) is 7.11 Å². The van der Waals surface area contributed by atoms with Crippen LogP contribution in [0.3, 0.4) is 0 Å². The molecule has 2 aromatic heterocycles. The van der Waals surface area contributed by atoms with Crippen LogP contribution in [0.5, 0.6) is 5.75 Å². The Balaban J connectivity index is 2.22. The molecule has 2 heterocycles. The van der Waals surface area contributed by atoms with E-state index in [2.05, 4.69) is 11.1 Å². The van der Waals surface area contributed by atoms with E-state index in [0.29, 0.717) is 5.69 Å². The van der Waals surface area contributed by atoms with Crippen LogP contribution in [0.4, 0.5) is 0 Å². The molecule has 0 bridgehead atoms. The molecule has 0 unspecified atom stereocenters. The maximum atomic E-state index is 9.46. The van der Waals surface area contributed by atoms with Gasteiger partial charge in [0.15, 0.2) is 5.69 Å². The number of nitriles is 1. The van der Waals surface area contributed by atoms with Gasteiger partial charge in [0.2, 0.25) is 0 Å². The largest absolute Gasteiger partial charge is 0.496 e. The van der Waals surface area contributed by atoms with E-state index in [0.717, 1.165) is 33.6 Å². The SMILES string of the molecule is COc1cc2c(C#N)nc(-c3ccccc3)n2c2ccccc12. The standard InChI is InChI=1S/C19H13N3O/c1-23-18-11-17-15(12-20)21-19(13-7-3-2-4-8-13)22(17)16-10-6-5-9-14(16)18/h2-11H,1H3. The van der Waals surface area contributed by atoms with Gasteiger partial charge in [-0.15, -0.1) is 0 Å². The molecule has 0 radical (unpaired) electrons. The first-order valence-corrected chi connectivity index (χ1v) is 7.27. The first kappa shape index (κ1) is 13.4. The number of fused-ring (bicyclic) bond motifs is 3. The predicted octanol–water partition coefficient (Wildman–Crippen LogP) is 4.03. The fraction of sp³-hybridized carbons (Fsp3) is 0.0526. The molecular formula is C19H13N3O. The number of benzene rings is 2. The zero-order chi connectivity index (χ0) is 15.8. The first-order chi connectivity index (χ1) is 11.3. The molecule has 0 N–H and O–H groups in total.